The van der Waals surface area contributed by atoms with E-state index in [1.54, 1.807) is 22.6 Å². The third-order valence-electron chi connectivity index (χ3n) is 3.76. The number of hydrogen-bond donors (Lipinski definition) is 0. The van der Waals surface area contributed by atoms with E-state index < -0.39 is 11.7 Å². The summed E-state index contributed by atoms with van der Waals surface area (Å²) in [5, 5.41) is 18.8. The lowest BCUT2D eigenvalue weighted by Gasteiger charge is -2.08. The highest BCUT2D eigenvalue weighted by molar-refractivity contribution is 6.01. The van der Waals surface area contributed by atoms with Gasteiger partial charge in [-0.15, -0.1) is 10.2 Å². The molecule has 0 saturated carbocycles. The first-order chi connectivity index (χ1) is 11.0. The van der Waals surface area contributed by atoms with Crippen LogP contribution in [0.5, 0.6) is 0 Å². The van der Waals surface area contributed by atoms with Gasteiger partial charge in [0.1, 0.15) is 17.3 Å². The van der Waals surface area contributed by atoms with Crippen molar-refractivity contribution >= 4 is 27.5 Å². The minimum atomic E-state index is -4.45. The van der Waals surface area contributed by atoms with Crippen molar-refractivity contribution in [3.8, 4) is 6.07 Å². The van der Waals surface area contributed by atoms with Crippen LogP contribution < -0.4 is 0 Å². The first-order valence-corrected chi connectivity index (χ1v) is 6.67. The van der Waals surface area contributed by atoms with Gasteiger partial charge in [0.15, 0.2) is 5.65 Å². The molecule has 2 heterocycles. The van der Waals surface area contributed by atoms with E-state index in [0.717, 1.165) is 17.5 Å². The minimum absolute atomic E-state index is 0.0872. The van der Waals surface area contributed by atoms with E-state index in [-0.39, 0.29) is 5.52 Å². The van der Waals surface area contributed by atoms with Crippen LogP contribution in [0.25, 0.3) is 27.5 Å². The Labute approximate surface area is 127 Å². The van der Waals surface area contributed by atoms with Crippen molar-refractivity contribution in [2.45, 2.75) is 6.18 Å². The molecule has 0 fully saturated rings. The standard InChI is InChI=1S/C16H7F3N4/c17-16(18,19)9-5-6-13-12(7-9)21-22-15-11-4-2-1-3-10(11)14(8-20)23(13)15/h1-7H. The molecule has 4 rings (SSSR count). The van der Waals surface area contributed by atoms with Crippen molar-refractivity contribution in [1.29, 1.82) is 5.26 Å². The van der Waals surface area contributed by atoms with Crippen LogP contribution in [0.2, 0.25) is 0 Å². The molecule has 4 nitrogen and oxygen atoms in total. The third-order valence-corrected chi connectivity index (χ3v) is 3.76. The summed E-state index contributed by atoms with van der Waals surface area (Å²) < 4.78 is 40.1. The van der Waals surface area contributed by atoms with Crippen LogP contribution in [0.3, 0.4) is 0 Å². The summed E-state index contributed by atoms with van der Waals surface area (Å²) in [5.41, 5.74) is 0.480. The number of aromatic nitrogens is 3. The number of alkyl halides is 3. The highest BCUT2D eigenvalue weighted by Gasteiger charge is 2.31. The number of halogens is 3. The van der Waals surface area contributed by atoms with Crippen LogP contribution in [-0.2, 0) is 6.18 Å². The maximum Gasteiger partial charge on any atom is 0.416 e. The van der Waals surface area contributed by atoms with Gasteiger partial charge in [0, 0.05) is 10.8 Å². The Morgan fingerprint density at radius 1 is 1.00 bits per heavy atom. The number of nitrogens with zero attached hydrogens (tertiary/aromatic N) is 4. The third kappa shape index (κ3) is 1.85. The Hall–Kier alpha value is -3.14. The van der Waals surface area contributed by atoms with E-state index in [2.05, 4.69) is 16.3 Å². The number of hydrogen-bond acceptors (Lipinski definition) is 3. The summed E-state index contributed by atoms with van der Waals surface area (Å²) >= 11 is 0. The molecule has 0 aliphatic rings. The largest absolute Gasteiger partial charge is 0.416 e. The van der Waals surface area contributed by atoms with Crippen molar-refractivity contribution in [3.05, 3.63) is 53.7 Å². The summed E-state index contributed by atoms with van der Waals surface area (Å²) in [4.78, 5) is 0. The van der Waals surface area contributed by atoms with Crippen molar-refractivity contribution in [2.75, 3.05) is 0 Å². The smallest absolute Gasteiger partial charge is 0.281 e. The lowest BCUT2D eigenvalue weighted by atomic mass is 10.2. The summed E-state index contributed by atoms with van der Waals surface area (Å²) in [6.45, 7) is 0. The normalized spacial score (nSPS) is 12.1. The highest BCUT2D eigenvalue weighted by atomic mass is 19.4. The zero-order valence-electron chi connectivity index (χ0n) is 11.5. The topological polar surface area (TPSA) is 54.0 Å². The fourth-order valence-electron chi connectivity index (χ4n) is 2.74. The van der Waals surface area contributed by atoms with E-state index >= 15 is 0 Å². The average molecular weight is 312 g/mol. The molecule has 0 amide bonds. The number of nitriles is 1. The molecule has 0 radical (unpaired) electrons. The average Bonchev–Trinajstić information content (AvgIpc) is 2.87. The number of fused-ring (bicyclic) bond motifs is 5. The molecule has 0 saturated heterocycles. The lowest BCUT2D eigenvalue weighted by Crippen LogP contribution is -2.06. The van der Waals surface area contributed by atoms with Crippen molar-refractivity contribution in [2.24, 2.45) is 0 Å². The van der Waals surface area contributed by atoms with Crippen molar-refractivity contribution < 1.29 is 13.2 Å². The molecule has 0 bridgehead atoms. The van der Waals surface area contributed by atoms with E-state index in [4.69, 9.17) is 0 Å². The fraction of sp³-hybridized carbons (Fsp3) is 0.0625. The minimum Gasteiger partial charge on any atom is -0.281 e. The van der Waals surface area contributed by atoms with Crippen LogP contribution in [0.1, 0.15) is 11.3 Å². The van der Waals surface area contributed by atoms with Gasteiger partial charge in [0.05, 0.1) is 11.1 Å². The molecule has 112 valence electrons. The SMILES string of the molecule is N#Cc1c2ccccc2c2nnc3cc(C(F)(F)F)ccc3n12. The maximum atomic E-state index is 12.8. The van der Waals surface area contributed by atoms with Crippen LogP contribution in [0.4, 0.5) is 13.2 Å². The van der Waals surface area contributed by atoms with Gasteiger partial charge in [-0.3, -0.25) is 4.40 Å². The predicted octanol–water partition coefficient (Wildman–Crippen LogP) is 3.93. The maximum absolute atomic E-state index is 12.8. The Balaban J connectivity index is 2.19. The molecular formula is C16H7F3N4. The molecule has 0 aliphatic carbocycles. The van der Waals surface area contributed by atoms with Gasteiger partial charge >= 0.3 is 6.18 Å². The quantitative estimate of drug-likeness (QED) is 0.494. The van der Waals surface area contributed by atoms with Gasteiger partial charge in [0.25, 0.3) is 0 Å². The van der Waals surface area contributed by atoms with Crippen molar-refractivity contribution in [1.82, 2.24) is 14.6 Å². The van der Waals surface area contributed by atoms with Crippen LogP contribution in [-0.4, -0.2) is 14.6 Å². The van der Waals surface area contributed by atoms with E-state index in [1.165, 1.54) is 6.07 Å². The van der Waals surface area contributed by atoms with Gasteiger partial charge in [-0.2, -0.15) is 18.4 Å². The molecule has 2 aromatic carbocycles. The van der Waals surface area contributed by atoms with Crippen LogP contribution in [0, 0.1) is 11.3 Å². The van der Waals surface area contributed by atoms with Gasteiger partial charge in [-0.1, -0.05) is 24.3 Å². The molecular weight excluding hydrogens is 305 g/mol. The van der Waals surface area contributed by atoms with Gasteiger partial charge in [-0.25, -0.2) is 0 Å². The zero-order chi connectivity index (χ0) is 16.2. The molecule has 0 unspecified atom stereocenters. The van der Waals surface area contributed by atoms with Gasteiger partial charge in [-0.05, 0) is 18.2 Å². The Bertz CT molecular complexity index is 1120. The van der Waals surface area contributed by atoms with E-state index in [9.17, 15) is 18.4 Å². The van der Waals surface area contributed by atoms with Gasteiger partial charge < -0.3 is 0 Å². The molecule has 0 spiro atoms. The first-order valence-electron chi connectivity index (χ1n) is 6.67. The number of benzene rings is 2. The molecule has 2 aromatic heterocycles. The van der Waals surface area contributed by atoms with E-state index in [0.29, 0.717) is 22.2 Å². The second-order valence-corrected chi connectivity index (χ2v) is 5.07. The second kappa shape index (κ2) is 4.43. The second-order valence-electron chi connectivity index (χ2n) is 5.07. The summed E-state index contributed by atoms with van der Waals surface area (Å²) in [5.74, 6) is 0. The fourth-order valence-corrected chi connectivity index (χ4v) is 2.74. The highest BCUT2D eigenvalue weighted by Crippen LogP contribution is 2.32. The summed E-state index contributed by atoms with van der Waals surface area (Å²) in [6, 6.07) is 12.5. The summed E-state index contributed by atoms with van der Waals surface area (Å²) in [6.07, 6.45) is -4.45. The van der Waals surface area contributed by atoms with Gasteiger partial charge in [0.2, 0.25) is 0 Å². The zero-order valence-corrected chi connectivity index (χ0v) is 11.5. The monoisotopic (exact) mass is 312 g/mol. The van der Waals surface area contributed by atoms with E-state index in [1.807, 2.05) is 6.07 Å². The Morgan fingerprint density at radius 2 is 1.74 bits per heavy atom. The molecule has 7 heteroatoms. The molecule has 23 heavy (non-hydrogen) atoms. The number of rotatable bonds is 0. The van der Waals surface area contributed by atoms with Crippen molar-refractivity contribution in [3.63, 3.8) is 0 Å². The summed E-state index contributed by atoms with van der Waals surface area (Å²) in [7, 11) is 0. The van der Waals surface area contributed by atoms with Crippen LogP contribution in [0.15, 0.2) is 42.5 Å². The lowest BCUT2D eigenvalue weighted by molar-refractivity contribution is -0.137. The molecule has 0 atom stereocenters. The Kier molecular flexibility index (Phi) is 2.60. The molecule has 4 aromatic rings. The molecule has 0 aliphatic heterocycles. The Morgan fingerprint density at radius 3 is 2.43 bits per heavy atom. The predicted molar refractivity (Wildman–Crippen MR) is 77.7 cm³/mol. The van der Waals surface area contributed by atoms with Crippen LogP contribution >= 0.6 is 0 Å². The molecule has 0 N–H and O–H groups in total. The first kappa shape index (κ1) is 13.5.